The molecule has 3 heterocycles. The van der Waals surface area contributed by atoms with E-state index in [1.165, 1.54) is 11.1 Å². The zero-order valence-corrected chi connectivity index (χ0v) is 15.3. The molecule has 1 aromatic carbocycles. The number of anilines is 1. The minimum Gasteiger partial charge on any atom is -0.334 e. The first-order chi connectivity index (χ1) is 13.1. The average molecular weight is 362 g/mol. The first-order valence-corrected chi connectivity index (χ1v) is 9.09. The summed E-state index contributed by atoms with van der Waals surface area (Å²) in [7, 11) is 1.90. The van der Waals surface area contributed by atoms with Crippen molar-refractivity contribution in [3.05, 3.63) is 64.9 Å². The summed E-state index contributed by atoms with van der Waals surface area (Å²) < 4.78 is 0. The Labute approximate surface area is 158 Å². The van der Waals surface area contributed by atoms with E-state index in [2.05, 4.69) is 22.4 Å². The molecular weight excluding hydrogens is 340 g/mol. The molecular formula is C21H22N4O2. The third-order valence-electron chi connectivity index (χ3n) is 4.96. The molecule has 2 aliphatic rings. The van der Waals surface area contributed by atoms with Crippen LogP contribution in [-0.4, -0.2) is 46.7 Å². The number of nitrogens with one attached hydrogen (secondary N) is 1. The van der Waals surface area contributed by atoms with E-state index in [1.807, 2.05) is 35.0 Å². The van der Waals surface area contributed by atoms with Crippen molar-refractivity contribution < 1.29 is 9.59 Å². The Morgan fingerprint density at radius 2 is 1.96 bits per heavy atom. The quantitative estimate of drug-likeness (QED) is 0.831. The van der Waals surface area contributed by atoms with Crippen LogP contribution < -0.4 is 5.32 Å². The van der Waals surface area contributed by atoms with Crippen LogP contribution in [0.5, 0.6) is 0 Å². The topological polar surface area (TPSA) is 65.5 Å². The minimum atomic E-state index is -0.0624. The van der Waals surface area contributed by atoms with Gasteiger partial charge in [-0.25, -0.2) is 4.98 Å². The molecule has 2 aromatic rings. The van der Waals surface area contributed by atoms with Gasteiger partial charge >= 0.3 is 0 Å². The second-order valence-corrected chi connectivity index (χ2v) is 7.11. The third-order valence-corrected chi connectivity index (χ3v) is 4.96. The maximum absolute atomic E-state index is 12.6. The lowest BCUT2D eigenvalue weighted by Gasteiger charge is -2.27. The van der Waals surface area contributed by atoms with E-state index in [4.69, 9.17) is 0 Å². The van der Waals surface area contributed by atoms with Gasteiger partial charge in [0.1, 0.15) is 5.82 Å². The number of pyridine rings is 1. The standard InChI is InChI=1S/C21H22N4O2/c1-24-12-18-10-15(11-22-21(18)23-19(26)14-24)6-7-20(27)25-9-8-16-4-2-3-5-17(16)13-25/h2-7,10-11H,8-9,12-14H2,1H3,(H,22,23,26)/b7-6+. The maximum atomic E-state index is 12.6. The molecule has 138 valence electrons. The van der Waals surface area contributed by atoms with Crippen molar-refractivity contribution in [3.63, 3.8) is 0 Å². The lowest BCUT2D eigenvalue weighted by molar-refractivity contribution is -0.126. The molecule has 2 aliphatic heterocycles. The Morgan fingerprint density at radius 3 is 2.81 bits per heavy atom. The van der Waals surface area contributed by atoms with Crippen LogP contribution in [0.1, 0.15) is 22.3 Å². The van der Waals surface area contributed by atoms with Gasteiger partial charge in [0.2, 0.25) is 11.8 Å². The molecule has 2 amide bonds. The summed E-state index contributed by atoms with van der Waals surface area (Å²) in [6, 6.07) is 10.2. The fourth-order valence-electron chi connectivity index (χ4n) is 3.57. The fraction of sp³-hybridized carbons (Fsp3) is 0.286. The van der Waals surface area contributed by atoms with Gasteiger partial charge in [0.05, 0.1) is 6.54 Å². The summed E-state index contributed by atoms with van der Waals surface area (Å²) >= 11 is 0. The molecule has 27 heavy (non-hydrogen) atoms. The monoisotopic (exact) mass is 362 g/mol. The summed E-state index contributed by atoms with van der Waals surface area (Å²) in [5.74, 6) is 0.540. The van der Waals surface area contributed by atoms with Gasteiger partial charge < -0.3 is 10.2 Å². The first-order valence-electron chi connectivity index (χ1n) is 9.09. The van der Waals surface area contributed by atoms with E-state index in [-0.39, 0.29) is 11.8 Å². The van der Waals surface area contributed by atoms with Crippen molar-refractivity contribution in [1.29, 1.82) is 0 Å². The van der Waals surface area contributed by atoms with Gasteiger partial charge in [-0.15, -0.1) is 0 Å². The predicted octanol–water partition coefficient (Wildman–Crippen LogP) is 2.06. The van der Waals surface area contributed by atoms with Crippen molar-refractivity contribution in [1.82, 2.24) is 14.8 Å². The minimum absolute atomic E-state index is 0.00451. The number of hydrogen-bond acceptors (Lipinski definition) is 4. The molecule has 0 bridgehead atoms. The van der Waals surface area contributed by atoms with Crippen molar-refractivity contribution in [2.45, 2.75) is 19.5 Å². The zero-order valence-electron chi connectivity index (χ0n) is 15.3. The molecule has 0 saturated carbocycles. The number of carbonyl (C=O) groups excluding carboxylic acids is 2. The van der Waals surface area contributed by atoms with Crippen molar-refractivity contribution in [2.24, 2.45) is 0 Å². The van der Waals surface area contributed by atoms with E-state index < -0.39 is 0 Å². The normalized spacial score (nSPS) is 17.2. The molecule has 0 spiro atoms. The van der Waals surface area contributed by atoms with Gasteiger partial charge in [-0.05, 0) is 42.3 Å². The number of fused-ring (bicyclic) bond motifs is 2. The van der Waals surface area contributed by atoms with Crippen LogP contribution in [0.15, 0.2) is 42.6 Å². The van der Waals surface area contributed by atoms with Crippen LogP contribution in [0.3, 0.4) is 0 Å². The summed E-state index contributed by atoms with van der Waals surface area (Å²) in [5.41, 5.74) is 4.34. The molecule has 0 atom stereocenters. The van der Waals surface area contributed by atoms with Gasteiger partial charge in [0, 0.05) is 37.5 Å². The smallest absolute Gasteiger partial charge is 0.246 e. The Kier molecular flexibility index (Phi) is 4.73. The van der Waals surface area contributed by atoms with Crippen molar-refractivity contribution in [2.75, 3.05) is 25.5 Å². The molecule has 0 radical (unpaired) electrons. The largest absolute Gasteiger partial charge is 0.334 e. The number of aromatic nitrogens is 1. The van der Waals surface area contributed by atoms with Crippen LogP contribution >= 0.6 is 0 Å². The molecule has 0 saturated heterocycles. The number of carbonyl (C=O) groups is 2. The van der Waals surface area contributed by atoms with Gasteiger partial charge in [-0.1, -0.05) is 24.3 Å². The average Bonchev–Trinajstić information content (AvgIpc) is 2.81. The number of amides is 2. The molecule has 0 fully saturated rings. The SMILES string of the molecule is CN1CC(=O)Nc2ncc(/C=C/C(=O)N3CCc4ccccc4C3)cc2C1. The lowest BCUT2D eigenvalue weighted by Crippen LogP contribution is -2.34. The van der Waals surface area contributed by atoms with E-state index in [0.29, 0.717) is 25.5 Å². The van der Waals surface area contributed by atoms with Crippen LogP contribution in [0.4, 0.5) is 5.82 Å². The number of rotatable bonds is 2. The van der Waals surface area contributed by atoms with E-state index >= 15 is 0 Å². The van der Waals surface area contributed by atoms with E-state index in [1.54, 1.807) is 18.3 Å². The Morgan fingerprint density at radius 1 is 1.15 bits per heavy atom. The number of benzene rings is 1. The van der Waals surface area contributed by atoms with Gasteiger partial charge in [-0.3, -0.25) is 14.5 Å². The molecule has 6 heteroatoms. The van der Waals surface area contributed by atoms with Crippen LogP contribution in [-0.2, 0) is 29.1 Å². The summed E-state index contributed by atoms with van der Waals surface area (Å²) in [5, 5.41) is 2.82. The number of likely N-dealkylation sites (N-methyl/N-ethyl adjacent to an activating group) is 1. The Balaban J connectivity index is 1.47. The lowest BCUT2D eigenvalue weighted by atomic mass is 10.00. The third kappa shape index (κ3) is 3.90. The Bertz CT molecular complexity index is 922. The van der Waals surface area contributed by atoms with Gasteiger partial charge in [0.25, 0.3) is 0 Å². The number of nitrogens with zero attached hydrogens (tertiary/aromatic N) is 3. The molecule has 1 aromatic heterocycles. The van der Waals surface area contributed by atoms with Gasteiger partial charge in [0.15, 0.2) is 0 Å². The predicted molar refractivity (Wildman–Crippen MR) is 104 cm³/mol. The highest BCUT2D eigenvalue weighted by atomic mass is 16.2. The molecule has 0 unspecified atom stereocenters. The second-order valence-electron chi connectivity index (χ2n) is 7.11. The maximum Gasteiger partial charge on any atom is 0.246 e. The van der Waals surface area contributed by atoms with Crippen LogP contribution in [0.25, 0.3) is 6.08 Å². The molecule has 1 N–H and O–H groups in total. The van der Waals surface area contributed by atoms with Gasteiger partial charge in [-0.2, -0.15) is 0 Å². The highest BCUT2D eigenvalue weighted by Crippen LogP contribution is 2.21. The molecule has 4 rings (SSSR count). The Hall–Kier alpha value is -2.99. The highest BCUT2D eigenvalue weighted by Gasteiger charge is 2.19. The van der Waals surface area contributed by atoms with Crippen LogP contribution in [0, 0.1) is 0 Å². The number of hydrogen-bond donors (Lipinski definition) is 1. The second kappa shape index (κ2) is 7.32. The van der Waals surface area contributed by atoms with Crippen molar-refractivity contribution >= 4 is 23.7 Å². The first kappa shape index (κ1) is 17.4. The van der Waals surface area contributed by atoms with E-state index in [0.717, 1.165) is 24.1 Å². The van der Waals surface area contributed by atoms with Crippen molar-refractivity contribution in [3.8, 4) is 0 Å². The molecule has 6 nitrogen and oxygen atoms in total. The highest BCUT2D eigenvalue weighted by molar-refractivity contribution is 5.93. The molecule has 0 aliphatic carbocycles. The summed E-state index contributed by atoms with van der Waals surface area (Å²) in [6.45, 7) is 2.37. The van der Waals surface area contributed by atoms with Crippen LogP contribution in [0.2, 0.25) is 0 Å². The van der Waals surface area contributed by atoms with E-state index in [9.17, 15) is 9.59 Å². The fourth-order valence-corrected chi connectivity index (χ4v) is 3.57. The summed E-state index contributed by atoms with van der Waals surface area (Å²) in [6.07, 6.45) is 5.97. The summed E-state index contributed by atoms with van der Waals surface area (Å²) in [4.78, 5) is 32.5. The zero-order chi connectivity index (χ0) is 18.8.